The second-order valence-electron chi connectivity index (χ2n) is 9.47. The maximum Gasteiger partial charge on any atom is 0.404 e. The molecule has 3 heterocycles. The second kappa shape index (κ2) is 9.48. The van der Waals surface area contributed by atoms with E-state index in [-0.39, 0.29) is 12.1 Å². The van der Waals surface area contributed by atoms with E-state index in [1.165, 1.54) is 25.7 Å². The highest BCUT2D eigenvalue weighted by Gasteiger charge is 2.26. The largest absolute Gasteiger partial charge is 0.465 e. The molecule has 2 aliphatic carbocycles. The summed E-state index contributed by atoms with van der Waals surface area (Å²) in [5.74, 6) is 1.46. The van der Waals surface area contributed by atoms with Crippen molar-refractivity contribution in [1.82, 2.24) is 30.2 Å². The van der Waals surface area contributed by atoms with Crippen LogP contribution in [0.5, 0.6) is 0 Å². The van der Waals surface area contributed by atoms with Gasteiger partial charge in [0.2, 0.25) is 5.95 Å². The Kier molecular flexibility index (Phi) is 6.29. The van der Waals surface area contributed by atoms with Gasteiger partial charge in [0.1, 0.15) is 0 Å². The number of anilines is 2. The van der Waals surface area contributed by atoms with E-state index in [0.717, 1.165) is 68.6 Å². The minimum Gasteiger partial charge on any atom is -0.465 e. The van der Waals surface area contributed by atoms with Crippen LogP contribution in [-0.4, -0.2) is 61.9 Å². The number of nitrogens with one attached hydrogen (secondary N) is 4. The monoisotopic (exact) mass is 442 g/mol. The Morgan fingerprint density at radius 1 is 0.938 bits per heavy atom. The van der Waals surface area contributed by atoms with Crippen molar-refractivity contribution >= 4 is 29.0 Å². The summed E-state index contributed by atoms with van der Waals surface area (Å²) in [7, 11) is 0. The number of rotatable bonds is 6. The lowest BCUT2D eigenvalue weighted by molar-refractivity contribution is 0.185. The topological polar surface area (TPSA) is 129 Å². The van der Waals surface area contributed by atoms with E-state index >= 15 is 0 Å². The molecule has 1 aliphatic heterocycles. The van der Waals surface area contributed by atoms with Crippen molar-refractivity contribution in [2.45, 2.75) is 88.4 Å². The number of piperidine rings is 1. The van der Waals surface area contributed by atoms with Crippen molar-refractivity contribution < 1.29 is 9.90 Å². The smallest absolute Gasteiger partial charge is 0.404 e. The minimum atomic E-state index is -0.941. The van der Waals surface area contributed by atoms with Crippen molar-refractivity contribution in [2.75, 3.05) is 23.7 Å². The molecule has 32 heavy (non-hydrogen) atoms. The molecule has 1 saturated heterocycles. The molecular formula is C22H34N8O2. The van der Waals surface area contributed by atoms with Gasteiger partial charge < -0.3 is 30.9 Å². The van der Waals surface area contributed by atoms with E-state index in [0.29, 0.717) is 18.0 Å². The molecule has 10 heteroatoms. The predicted octanol–water partition coefficient (Wildman–Crippen LogP) is 3.10. The predicted molar refractivity (Wildman–Crippen MR) is 123 cm³/mol. The Hall–Kier alpha value is -2.62. The fourth-order valence-electron chi connectivity index (χ4n) is 5.43. The normalized spacial score (nSPS) is 25.1. The molecule has 174 valence electrons. The van der Waals surface area contributed by atoms with Gasteiger partial charge in [-0.05, 0) is 64.5 Å². The average molecular weight is 443 g/mol. The molecule has 3 fully saturated rings. The van der Waals surface area contributed by atoms with Crippen molar-refractivity contribution in [3.63, 3.8) is 0 Å². The van der Waals surface area contributed by atoms with Crippen molar-refractivity contribution in [3.05, 3.63) is 6.33 Å². The number of aromatic nitrogens is 4. The van der Waals surface area contributed by atoms with Gasteiger partial charge in [0.05, 0.1) is 6.33 Å². The van der Waals surface area contributed by atoms with E-state index in [1.807, 2.05) is 6.33 Å². The van der Waals surface area contributed by atoms with Crippen molar-refractivity contribution in [2.24, 2.45) is 0 Å². The molecule has 2 aromatic heterocycles. The Morgan fingerprint density at radius 3 is 2.34 bits per heavy atom. The summed E-state index contributed by atoms with van der Waals surface area (Å²) in [5, 5.41) is 22.2. The van der Waals surface area contributed by atoms with Crippen molar-refractivity contribution in [1.29, 1.82) is 0 Å². The van der Waals surface area contributed by atoms with Crippen LogP contribution in [0.15, 0.2) is 6.33 Å². The maximum absolute atomic E-state index is 10.9. The zero-order chi connectivity index (χ0) is 21.9. The van der Waals surface area contributed by atoms with Gasteiger partial charge in [0.15, 0.2) is 17.0 Å². The Labute approximate surface area is 188 Å². The SMILES string of the molecule is O=C(O)NC1CCC(Nc2nc(NC3CCNCC3)c3ncn(C4CCCC4)c3n2)CC1. The van der Waals surface area contributed by atoms with Crippen LogP contribution in [0.2, 0.25) is 0 Å². The van der Waals surface area contributed by atoms with Crippen LogP contribution in [0.25, 0.3) is 11.2 Å². The number of imidazole rings is 1. The summed E-state index contributed by atoms with van der Waals surface area (Å²) in [5.41, 5.74) is 1.77. The van der Waals surface area contributed by atoms with Crippen LogP contribution in [-0.2, 0) is 0 Å². The number of hydrogen-bond acceptors (Lipinski definition) is 7. The first-order valence-corrected chi connectivity index (χ1v) is 12.1. The van der Waals surface area contributed by atoms with Gasteiger partial charge in [-0.3, -0.25) is 0 Å². The van der Waals surface area contributed by atoms with Crippen LogP contribution in [0.1, 0.15) is 70.3 Å². The second-order valence-corrected chi connectivity index (χ2v) is 9.47. The molecule has 1 amide bonds. The molecule has 0 unspecified atom stereocenters. The maximum atomic E-state index is 10.9. The third-order valence-corrected chi connectivity index (χ3v) is 7.21. The molecule has 3 aliphatic rings. The van der Waals surface area contributed by atoms with Gasteiger partial charge >= 0.3 is 6.09 Å². The first-order valence-electron chi connectivity index (χ1n) is 12.1. The number of amides is 1. The highest BCUT2D eigenvalue weighted by Crippen LogP contribution is 2.33. The third kappa shape index (κ3) is 4.74. The summed E-state index contributed by atoms with van der Waals surface area (Å²) < 4.78 is 2.25. The average Bonchev–Trinajstić information content (AvgIpc) is 3.45. The summed E-state index contributed by atoms with van der Waals surface area (Å²) >= 11 is 0. The molecule has 0 aromatic carbocycles. The zero-order valence-corrected chi connectivity index (χ0v) is 18.5. The number of fused-ring (bicyclic) bond motifs is 1. The first-order chi connectivity index (χ1) is 15.7. The Balaban J connectivity index is 1.37. The molecule has 2 aromatic rings. The fourth-order valence-corrected chi connectivity index (χ4v) is 5.43. The van der Waals surface area contributed by atoms with Gasteiger partial charge in [-0.2, -0.15) is 9.97 Å². The molecule has 0 radical (unpaired) electrons. The van der Waals surface area contributed by atoms with E-state index in [9.17, 15) is 4.79 Å². The highest BCUT2D eigenvalue weighted by molar-refractivity contribution is 5.84. The number of carboxylic acid groups (broad SMARTS) is 1. The quantitative estimate of drug-likeness (QED) is 0.462. The highest BCUT2D eigenvalue weighted by atomic mass is 16.4. The van der Waals surface area contributed by atoms with Crippen LogP contribution in [0.3, 0.4) is 0 Å². The Morgan fingerprint density at radius 2 is 1.62 bits per heavy atom. The lowest BCUT2D eigenvalue weighted by Gasteiger charge is -2.29. The molecule has 5 N–H and O–H groups in total. The van der Waals surface area contributed by atoms with Crippen LogP contribution < -0.4 is 21.3 Å². The standard InChI is InChI=1S/C22H34N8O2/c31-22(32)27-15-7-5-14(6-8-15)26-21-28-19(25-16-9-11-23-12-10-16)18-20(29-21)30(13-24-18)17-3-1-2-4-17/h13-17,23,27H,1-12H2,(H,31,32)(H2,25,26,28,29). The molecule has 0 atom stereocenters. The fraction of sp³-hybridized carbons (Fsp3) is 0.727. The summed E-state index contributed by atoms with van der Waals surface area (Å²) in [6, 6.07) is 1.13. The Bertz CT molecular complexity index is 927. The first kappa shape index (κ1) is 21.2. The number of nitrogens with zero attached hydrogens (tertiary/aromatic N) is 4. The molecular weight excluding hydrogens is 408 g/mol. The number of carbonyl (C=O) groups is 1. The zero-order valence-electron chi connectivity index (χ0n) is 18.5. The third-order valence-electron chi connectivity index (χ3n) is 7.21. The van der Waals surface area contributed by atoms with E-state index in [2.05, 4.69) is 25.8 Å². The lowest BCUT2D eigenvalue weighted by Crippen LogP contribution is -2.39. The minimum absolute atomic E-state index is 0.0369. The van der Waals surface area contributed by atoms with Crippen molar-refractivity contribution in [3.8, 4) is 0 Å². The van der Waals surface area contributed by atoms with Crippen LogP contribution in [0, 0.1) is 0 Å². The molecule has 0 bridgehead atoms. The van der Waals surface area contributed by atoms with Crippen LogP contribution in [0.4, 0.5) is 16.6 Å². The summed E-state index contributed by atoms with van der Waals surface area (Å²) in [6.45, 7) is 2.03. The molecule has 10 nitrogen and oxygen atoms in total. The summed E-state index contributed by atoms with van der Waals surface area (Å²) in [4.78, 5) is 25.4. The van der Waals surface area contributed by atoms with E-state index in [4.69, 9.17) is 20.1 Å². The van der Waals surface area contributed by atoms with Gasteiger partial charge in [-0.25, -0.2) is 9.78 Å². The molecule has 0 spiro atoms. The van der Waals surface area contributed by atoms with E-state index < -0.39 is 6.09 Å². The number of hydrogen-bond donors (Lipinski definition) is 5. The van der Waals surface area contributed by atoms with Gasteiger partial charge in [-0.1, -0.05) is 12.8 Å². The summed E-state index contributed by atoms with van der Waals surface area (Å²) in [6.07, 6.45) is 11.4. The lowest BCUT2D eigenvalue weighted by atomic mass is 9.91. The molecule has 5 rings (SSSR count). The molecule has 2 saturated carbocycles. The van der Waals surface area contributed by atoms with Gasteiger partial charge in [0.25, 0.3) is 0 Å². The van der Waals surface area contributed by atoms with Crippen LogP contribution >= 0.6 is 0 Å². The van der Waals surface area contributed by atoms with Gasteiger partial charge in [0, 0.05) is 24.2 Å². The van der Waals surface area contributed by atoms with Gasteiger partial charge in [-0.15, -0.1) is 0 Å². The van der Waals surface area contributed by atoms with E-state index in [1.54, 1.807) is 0 Å².